The normalized spacial score (nSPS) is 11.7. The van der Waals surface area contributed by atoms with Crippen molar-refractivity contribution in [1.82, 2.24) is 10.3 Å². The molecule has 8 heteroatoms. The van der Waals surface area contributed by atoms with Gasteiger partial charge in [0.05, 0.1) is 11.0 Å². The molecule has 21 heavy (non-hydrogen) atoms. The summed E-state index contributed by atoms with van der Waals surface area (Å²) in [5.74, 6) is -0.468. The SMILES string of the molecule is CNC(=O)C(C)(C)CNc1nc(C(F)(F)F)ccc1C#N. The van der Waals surface area contributed by atoms with Crippen LogP contribution in [-0.2, 0) is 11.0 Å². The van der Waals surface area contributed by atoms with Gasteiger partial charge in [0.2, 0.25) is 5.91 Å². The molecule has 5 nitrogen and oxygen atoms in total. The number of rotatable bonds is 4. The first-order valence-corrected chi connectivity index (χ1v) is 6.06. The van der Waals surface area contributed by atoms with Crippen LogP contribution in [0.4, 0.5) is 19.0 Å². The molecule has 1 amide bonds. The lowest BCUT2D eigenvalue weighted by molar-refractivity contribution is -0.141. The van der Waals surface area contributed by atoms with Gasteiger partial charge in [-0.1, -0.05) is 0 Å². The Kier molecular flexibility index (Phi) is 4.78. The van der Waals surface area contributed by atoms with Crippen LogP contribution in [0, 0.1) is 16.7 Å². The van der Waals surface area contributed by atoms with Gasteiger partial charge < -0.3 is 10.6 Å². The number of hydrogen-bond acceptors (Lipinski definition) is 4. The van der Waals surface area contributed by atoms with E-state index in [1.54, 1.807) is 19.9 Å². The molecule has 0 unspecified atom stereocenters. The third-order valence-corrected chi connectivity index (χ3v) is 2.85. The number of nitrogens with one attached hydrogen (secondary N) is 2. The number of nitrogens with zero attached hydrogens (tertiary/aromatic N) is 2. The molecule has 0 saturated carbocycles. The molecule has 1 heterocycles. The predicted molar refractivity (Wildman–Crippen MR) is 70.3 cm³/mol. The van der Waals surface area contributed by atoms with Crippen LogP contribution in [0.5, 0.6) is 0 Å². The summed E-state index contributed by atoms with van der Waals surface area (Å²) in [6.07, 6.45) is -4.60. The molecule has 1 aromatic rings. The van der Waals surface area contributed by atoms with Gasteiger partial charge in [-0.15, -0.1) is 0 Å². The first kappa shape index (κ1) is 16.8. The molecule has 114 valence electrons. The zero-order chi connectivity index (χ0) is 16.3. The third kappa shape index (κ3) is 4.08. The second-order valence-corrected chi connectivity index (χ2v) is 5.02. The van der Waals surface area contributed by atoms with E-state index in [9.17, 15) is 18.0 Å². The van der Waals surface area contributed by atoms with Crippen LogP contribution in [-0.4, -0.2) is 24.5 Å². The molecule has 1 rings (SSSR count). The third-order valence-electron chi connectivity index (χ3n) is 2.85. The Bertz CT molecular complexity index is 576. The van der Waals surface area contributed by atoms with E-state index in [1.165, 1.54) is 7.05 Å². The van der Waals surface area contributed by atoms with Crippen LogP contribution in [0.3, 0.4) is 0 Å². The molecule has 0 aliphatic heterocycles. The second-order valence-electron chi connectivity index (χ2n) is 5.02. The highest BCUT2D eigenvalue weighted by atomic mass is 19.4. The lowest BCUT2D eigenvalue weighted by atomic mass is 9.92. The van der Waals surface area contributed by atoms with Crippen molar-refractivity contribution < 1.29 is 18.0 Å². The van der Waals surface area contributed by atoms with Gasteiger partial charge in [-0.25, -0.2) is 4.98 Å². The Labute approximate surface area is 120 Å². The van der Waals surface area contributed by atoms with Gasteiger partial charge in [0, 0.05) is 13.6 Å². The van der Waals surface area contributed by atoms with Gasteiger partial charge in [0.25, 0.3) is 0 Å². The zero-order valence-electron chi connectivity index (χ0n) is 11.8. The Morgan fingerprint density at radius 3 is 2.48 bits per heavy atom. The van der Waals surface area contributed by atoms with Crippen LogP contribution in [0.25, 0.3) is 0 Å². The number of alkyl halides is 3. The van der Waals surface area contributed by atoms with Crippen LogP contribution < -0.4 is 10.6 Å². The van der Waals surface area contributed by atoms with Crippen LogP contribution in [0.2, 0.25) is 0 Å². The Morgan fingerprint density at radius 1 is 1.38 bits per heavy atom. The Hall–Kier alpha value is -2.30. The summed E-state index contributed by atoms with van der Waals surface area (Å²) in [6.45, 7) is 3.28. The van der Waals surface area contributed by atoms with Crippen molar-refractivity contribution in [3.8, 4) is 6.07 Å². The maximum absolute atomic E-state index is 12.6. The van der Waals surface area contributed by atoms with Crippen molar-refractivity contribution in [3.63, 3.8) is 0 Å². The fraction of sp³-hybridized carbons (Fsp3) is 0.462. The molecule has 0 bridgehead atoms. The topological polar surface area (TPSA) is 77.8 Å². The summed E-state index contributed by atoms with van der Waals surface area (Å²) in [5, 5.41) is 14.0. The number of carbonyl (C=O) groups excluding carboxylic acids is 1. The lowest BCUT2D eigenvalue weighted by Crippen LogP contribution is -2.39. The standard InChI is InChI=1S/C13H15F3N4O/c1-12(2,11(21)18-3)7-19-10-8(6-17)4-5-9(20-10)13(14,15)16/h4-5H,7H2,1-3H3,(H,18,21)(H,19,20). The van der Waals surface area contributed by atoms with Crippen molar-refractivity contribution in [1.29, 1.82) is 5.26 Å². The number of anilines is 1. The van der Waals surface area contributed by atoms with Gasteiger partial charge in [-0.2, -0.15) is 18.4 Å². The van der Waals surface area contributed by atoms with Crippen molar-refractivity contribution in [2.45, 2.75) is 20.0 Å². The number of hydrogen-bond donors (Lipinski definition) is 2. The molecular formula is C13H15F3N4O. The highest BCUT2D eigenvalue weighted by molar-refractivity contribution is 5.82. The number of amides is 1. The maximum Gasteiger partial charge on any atom is 0.433 e. The molecule has 0 fully saturated rings. The van der Waals surface area contributed by atoms with Crippen molar-refractivity contribution in [2.24, 2.45) is 5.41 Å². The average molecular weight is 300 g/mol. The molecular weight excluding hydrogens is 285 g/mol. The summed E-state index contributed by atoms with van der Waals surface area (Å²) in [5.41, 5.74) is -1.98. The lowest BCUT2D eigenvalue weighted by Gasteiger charge is -2.23. The summed E-state index contributed by atoms with van der Waals surface area (Å²) >= 11 is 0. The minimum atomic E-state index is -4.60. The number of pyridine rings is 1. The van der Waals surface area contributed by atoms with Crippen LogP contribution in [0.1, 0.15) is 25.1 Å². The van der Waals surface area contributed by atoms with E-state index in [2.05, 4.69) is 15.6 Å². The van der Waals surface area contributed by atoms with Crippen LogP contribution in [0.15, 0.2) is 12.1 Å². The number of nitriles is 1. The minimum Gasteiger partial charge on any atom is -0.368 e. The maximum atomic E-state index is 12.6. The Morgan fingerprint density at radius 2 is 2.00 bits per heavy atom. The van der Waals surface area contributed by atoms with E-state index < -0.39 is 17.3 Å². The van der Waals surface area contributed by atoms with E-state index in [1.807, 2.05) is 0 Å². The number of aromatic nitrogens is 1. The quantitative estimate of drug-likeness (QED) is 0.893. The summed E-state index contributed by atoms with van der Waals surface area (Å²) in [6, 6.07) is 3.55. The summed E-state index contributed by atoms with van der Waals surface area (Å²) in [4.78, 5) is 15.0. The highest BCUT2D eigenvalue weighted by Gasteiger charge is 2.33. The first-order valence-electron chi connectivity index (χ1n) is 6.06. The van der Waals surface area contributed by atoms with Gasteiger partial charge >= 0.3 is 6.18 Å². The van der Waals surface area contributed by atoms with Gasteiger partial charge in [0.15, 0.2) is 0 Å². The minimum absolute atomic E-state index is 0.0179. The largest absolute Gasteiger partial charge is 0.433 e. The molecule has 1 aromatic heterocycles. The molecule has 0 atom stereocenters. The van der Waals surface area contributed by atoms with E-state index in [4.69, 9.17) is 5.26 Å². The molecule has 0 spiro atoms. The van der Waals surface area contributed by atoms with Crippen molar-refractivity contribution in [3.05, 3.63) is 23.4 Å². The van der Waals surface area contributed by atoms with Crippen LogP contribution >= 0.6 is 0 Å². The number of halogens is 3. The van der Waals surface area contributed by atoms with E-state index in [0.29, 0.717) is 0 Å². The summed E-state index contributed by atoms with van der Waals surface area (Å²) < 4.78 is 37.9. The fourth-order valence-corrected chi connectivity index (χ4v) is 1.57. The molecule has 0 aliphatic rings. The second kappa shape index (κ2) is 5.99. The highest BCUT2D eigenvalue weighted by Crippen LogP contribution is 2.29. The van der Waals surface area contributed by atoms with E-state index in [-0.39, 0.29) is 23.8 Å². The smallest absolute Gasteiger partial charge is 0.368 e. The molecule has 2 N–H and O–H groups in total. The van der Waals surface area contributed by atoms with Crippen molar-refractivity contribution in [2.75, 3.05) is 18.9 Å². The molecule has 0 aromatic carbocycles. The molecule has 0 radical (unpaired) electrons. The zero-order valence-corrected chi connectivity index (χ0v) is 11.8. The monoisotopic (exact) mass is 300 g/mol. The first-order chi connectivity index (χ1) is 9.61. The van der Waals surface area contributed by atoms with Gasteiger partial charge in [-0.05, 0) is 26.0 Å². The van der Waals surface area contributed by atoms with Gasteiger partial charge in [0.1, 0.15) is 17.6 Å². The molecule has 0 saturated heterocycles. The molecule has 0 aliphatic carbocycles. The summed E-state index contributed by atoms with van der Waals surface area (Å²) in [7, 11) is 1.47. The predicted octanol–water partition coefficient (Wildman–Crippen LogP) is 2.16. The van der Waals surface area contributed by atoms with E-state index >= 15 is 0 Å². The average Bonchev–Trinajstić information content (AvgIpc) is 2.42. The van der Waals surface area contributed by atoms with E-state index in [0.717, 1.165) is 12.1 Å². The fourth-order valence-electron chi connectivity index (χ4n) is 1.57. The van der Waals surface area contributed by atoms with Crippen molar-refractivity contribution >= 4 is 11.7 Å². The Balaban J connectivity index is 3.02. The number of carbonyl (C=O) groups is 1. The van der Waals surface area contributed by atoms with Gasteiger partial charge in [-0.3, -0.25) is 4.79 Å².